The lowest BCUT2D eigenvalue weighted by Gasteiger charge is -2.09. The molecule has 18 heavy (non-hydrogen) atoms. The molecule has 0 saturated carbocycles. The molecule has 1 aliphatic heterocycles. The minimum absolute atomic E-state index is 0.0374. The third-order valence-electron chi connectivity index (χ3n) is 3.10. The lowest BCUT2D eigenvalue weighted by Crippen LogP contribution is -2.30. The standard InChI is InChI=1S/C14H16N2O2/c15-8-13-4-2-1-3-12(13)7-14(17)16-9-11-5-6-18-10-11/h1-4,11H,5-7,9-10H2,(H,16,17). The van der Waals surface area contributed by atoms with Gasteiger partial charge in [-0.05, 0) is 18.1 Å². The maximum absolute atomic E-state index is 11.8. The van der Waals surface area contributed by atoms with Crippen molar-refractivity contribution in [1.29, 1.82) is 5.26 Å². The Morgan fingerprint density at radius 2 is 2.33 bits per heavy atom. The van der Waals surface area contributed by atoms with Gasteiger partial charge < -0.3 is 10.1 Å². The van der Waals surface area contributed by atoms with Crippen molar-refractivity contribution in [2.45, 2.75) is 12.8 Å². The highest BCUT2D eigenvalue weighted by Gasteiger charge is 2.16. The fourth-order valence-corrected chi connectivity index (χ4v) is 2.02. The van der Waals surface area contributed by atoms with Crippen molar-refractivity contribution in [3.63, 3.8) is 0 Å². The number of nitrogens with one attached hydrogen (secondary N) is 1. The normalized spacial score (nSPS) is 18.3. The molecule has 1 aromatic rings. The van der Waals surface area contributed by atoms with Crippen LogP contribution in [0.1, 0.15) is 17.5 Å². The molecule has 1 fully saturated rings. The Hall–Kier alpha value is -1.86. The maximum atomic E-state index is 11.8. The number of nitriles is 1. The van der Waals surface area contributed by atoms with E-state index in [-0.39, 0.29) is 12.3 Å². The van der Waals surface area contributed by atoms with Crippen molar-refractivity contribution >= 4 is 5.91 Å². The molecular formula is C14H16N2O2. The predicted octanol–water partition coefficient (Wildman–Crippen LogP) is 1.25. The largest absolute Gasteiger partial charge is 0.381 e. The van der Waals surface area contributed by atoms with Gasteiger partial charge in [0, 0.05) is 19.1 Å². The molecule has 1 amide bonds. The van der Waals surface area contributed by atoms with Gasteiger partial charge >= 0.3 is 0 Å². The number of hydrogen-bond acceptors (Lipinski definition) is 3. The van der Waals surface area contributed by atoms with Gasteiger partial charge in [-0.2, -0.15) is 5.26 Å². The molecule has 1 aromatic carbocycles. The topological polar surface area (TPSA) is 62.1 Å². The van der Waals surface area contributed by atoms with Gasteiger partial charge in [-0.1, -0.05) is 18.2 Å². The van der Waals surface area contributed by atoms with Crippen LogP contribution in [0, 0.1) is 17.2 Å². The van der Waals surface area contributed by atoms with E-state index in [2.05, 4.69) is 11.4 Å². The molecule has 1 atom stereocenters. The number of amides is 1. The van der Waals surface area contributed by atoms with Gasteiger partial charge in [0.05, 0.1) is 24.7 Å². The summed E-state index contributed by atoms with van der Waals surface area (Å²) >= 11 is 0. The Balaban J connectivity index is 1.85. The first-order chi connectivity index (χ1) is 8.79. The van der Waals surface area contributed by atoms with Gasteiger partial charge in [-0.15, -0.1) is 0 Å². The van der Waals surface area contributed by atoms with E-state index in [1.165, 1.54) is 0 Å². The molecule has 1 heterocycles. The summed E-state index contributed by atoms with van der Waals surface area (Å²) in [7, 11) is 0. The zero-order valence-corrected chi connectivity index (χ0v) is 10.2. The van der Waals surface area contributed by atoms with E-state index in [1.54, 1.807) is 12.1 Å². The summed E-state index contributed by atoms with van der Waals surface area (Å²) in [5.74, 6) is 0.393. The van der Waals surface area contributed by atoms with Gasteiger partial charge in [0.25, 0.3) is 0 Å². The van der Waals surface area contributed by atoms with Crippen LogP contribution in [0.25, 0.3) is 0 Å². The van der Waals surface area contributed by atoms with Crippen molar-refractivity contribution in [2.24, 2.45) is 5.92 Å². The van der Waals surface area contributed by atoms with E-state index < -0.39 is 0 Å². The number of carbonyl (C=O) groups excluding carboxylic acids is 1. The van der Waals surface area contributed by atoms with E-state index in [1.807, 2.05) is 12.1 Å². The Kier molecular flexibility index (Phi) is 4.32. The van der Waals surface area contributed by atoms with Crippen LogP contribution < -0.4 is 5.32 Å². The minimum Gasteiger partial charge on any atom is -0.381 e. The maximum Gasteiger partial charge on any atom is 0.224 e. The van der Waals surface area contributed by atoms with Crippen LogP contribution in [0.2, 0.25) is 0 Å². The smallest absolute Gasteiger partial charge is 0.224 e. The zero-order valence-electron chi connectivity index (χ0n) is 10.2. The Morgan fingerprint density at radius 3 is 3.06 bits per heavy atom. The molecule has 1 N–H and O–H groups in total. The lowest BCUT2D eigenvalue weighted by atomic mass is 10.0. The molecule has 0 bridgehead atoms. The highest BCUT2D eigenvalue weighted by Crippen LogP contribution is 2.11. The SMILES string of the molecule is N#Cc1ccccc1CC(=O)NCC1CCOC1. The number of benzene rings is 1. The highest BCUT2D eigenvalue weighted by atomic mass is 16.5. The van der Waals surface area contributed by atoms with Gasteiger partial charge in [0.2, 0.25) is 5.91 Å². The minimum atomic E-state index is -0.0374. The van der Waals surface area contributed by atoms with E-state index in [9.17, 15) is 4.79 Å². The first-order valence-electron chi connectivity index (χ1n) is 6.12. The number of carbonyl (C=O) groups is 1. The lowest BCUT2D eigenvalue weighted by molar-refractivity contribution is -0.120. The molecule has 0 radical (unpaired) electrons. The molecule has 1 unspecified atom stereocenters. The molecule has 1 saturated heterocycles. The fraction of sp³-hybridized carbons (Fsp3) is 0.429. The summed E-state index contributed by atoms with van der Waals surface area (Å²) in [6.07, 6.45) is 1.27. The van der Waals surface area contributed by atoms with Crippen LogP contribution in [-0.2, 0) is 16.0 Å². The molecule has 4 heteroatoms. The Bertz CT molecular complexity index is 459. The second-order valence-electron chi connectivity index (χ2n) is 4.48. The fourth-order valence-electron chi connectivity index (χ4n) is 2.02. The van der Waals surface area contributed by atoms with Crippen LogP contribution in [0.3, 0.4) is 0 Å². The van der Waals surface area contributed by atoms with Crippen molar-refractivity contribution < 1.29 is 9.53 Å². The van der Waals surface area contributed by atoms with Gasteiger partial charge in [-0.3, -0.25) is 4.79 Å². The van der Waals surface area contributed by atoms with Crippen molar-refractivity contribution in [3.8, 4) is 6.07 Å². The second-order valence-corrected chi connectivity index (χ2v) is 4.48. The summed E-state index contributed by atoms with van der Waals surface area (Å²) in [5.41, 5.74) is 1.34. The number of ether oxygens (including phenoxy) is 1. The first kappa shape index (κ1) is 12.6. The third-order valence-corrected chi connectivity index (χ3v) is 3.10. The average molecular weight is 244 g/mol. The van der Waals surface area contributed by atoms with Gasteiger partial charge in [0.15, 0.2) is 0 Å². The third kappa shape index (κ3) is 3.31. The van der Waals surface area contributed by atoms with Crippen LogP contribution in [0.15, 0.2) is 24.3 Å². The Morgan fingerprint density at radius 1 is 1.50 bits per heavy atom. The number of rotatable bonds is 4. The van der Waals surface area contributed by atoms with Crippen LogP contribution >= 0.6 is 0 Å². The monoisotopic (exact) mass is 244 g/mol. The van der Waals surface area contributed by atoms with Crippen molar-refractivity contribution in [3.05, 3.63) is 35.4 Å². The molecule has 1 aliphatic rings. The summed E-state index contributed by atoms with van der Waals surface area (Å²) < 4.78 is 5.25. The van der Waals surface area contributed by atoms with Crippen molar-refractivity contribution in [1.82, 2.24) is 5.32 Å². The molecule has 94 valence electrons. The average Bonchev–Trinajstić information content (AvgIpc) is 2.90. The summed E-state index contributed by atoms with van der Waals surface area (Å²) in [4.78, 5) is 11.8. The van der Waals surface area contributed by atoms with E-state index in [4.69, 9.17) is 10.00 Å². The molecular weight excluding hydrogens is 228 g/mol. The van der Waals surface area contributed by atoms with Crippen LogP contribution in [0.5, 0.6) is 0 Å². The predicted molar refractivity (Wildman–Crippen MR) is 66.8 cm³/mol. The second kappa shape index (κ2) is 6.18. The molecule has 0 spiro atoms. The summed E-state index contributed by atoms with van der Waals surface area (Å²) in [5, 5.41) is 11.8. The number of hydrogen-bond donors (Lipinski definition) is 1. The molecule has 4 nitrogen and oxygen atoms in total. The first-order valence-corrected chi connectivity index (χ1v) is 6.12. The van der Waals surface area contributed by atoms with E-state index >= 15 is 0 Å². The van der Waals surface area contributed by atoms with Crippen LogP contribution in [0.4, 0.5) is 0 Å². The quantitative estimate of drug-likeness (QED) is 0.867. The zero-order chi connectivity index (χ0) is 12.8. The van der Waals surface area contributed by atoms with Gasteiger partial charge in [0.1, 0.15) is 0 Å². The van der Waals surface area contributed by atoms with Crippen molar-refractivity contribution in [2.75, 3.05) is 19.8 Å². The summed E-state index contributed by atoms with van der Waals surface area (Å²) in [6, 6.07) is 9.29. The van der Waals surface area contributed by atoms with E-state index in [0.29, 0.717) is 18.0 Å². The molecule has 2 rings (SSSR count). The molecule has 0 aliphatic carbocycles. The summed E-state index contributed by atoms with van der Waals surface area (Å²) in [6.45, 7) is 2.18. The number of nitrogens with zero attached hydrogens (tertiary/aromatic N) is 1. The molecule has 0 aromatic heterocycles. The Labute approximate surface area is 107 Å². The highest BCUT2D eigenvalue weighted by molar-refractivity contribution is 5.79. The van der Waals surface area contributed by atoms with E-state index in [0.717, 1.165) is 25.2 Å². The van der Waals surface area contributed by atoms with Crippen LogP contribution in [-0.4, -0.2) is 25.7 Å². The van der Waals surface area contributed by atoms with Gasteiger partial charge in [-0.25, -0.2) is 0 Å².